The van der Waals surface area contributed by atoms with E-state index in [4.69, 9.17) is 4.98 Å². The van der Waals surface area contributed by atoms with Crippen LogP contribution in [0.4, 0.5) is 10.6 Å². The van der Waals surface area contributed by atoms with Crippen LogP contribution in [0.3, 0.4) is 0 Å². The first-order chi connectivity index (χ1) is 17.6. The number of halogens is 1. The van der Waals surface area contributed by atoms with Crippen LogP contribution in [-0.4, -0.2) is 65.7 Å². The van der Waals surface area contributed by atoms with Crippen LogP contribution >= 0.6 is 15.9 Å². The smallest absolute Gasteiger partial charge is 0.366 e. The van der Waals surface area contributed by atoms with Crippen molar-refractivity contribution in [1.29, 1.82) is 0 Å². The van der Waals surface area contributed by atoms with Crippen molar-refractivity contribution in [2.45, 2.75) is 75.0 Å². The van der Waals surface area contributed by atoms with E-state index in [0.29, 0.717) is 30.2 Å². The molecule has 3 aromatic rings. The van der Waals surface area contributed by atoms with Gasteiger partial charge in [0.25, 0.3) is 0 Å². The highest BCUT2D eigenvalue weighted by Crippen LogP contribution is 2.72. The van der Waals surface area contributed by atoms with E-state index < -0.39 is 0 Å². The van der Waals surface area contributed by atoms with E-state index in [1.807, 2.05) is 16.8 Å². The summed E-state index contributed by atoms with van der Waals surface area (Å²) in [6, 6.07) is 7.79. The third-order valence-corrected chi connectivity index (χ3v) is 10.7. The summed E-state index contributed by atoms with van der Waals surface area (Å²) in [6.07, 6.45) is 14.0. The first kappa shape index (κ1) is 21.6. The highest BCUT2D eigenvalue weighted by atomic mass is 79.9. The molecule has 6 atom stereocenters. The number of carbonyl (C=O) groups is 1. The monoisotopic (exact) mass is 548 g/mol. The van der Waals surface area contributed by atoms with E-state index in [1.165, 1.54) is 32.1 Å². The lowest BCUT2D eigenvalue weighted by Crippen LogP contribution is -2.97. The van der Waals surface area contributed by atoms with Gasteiger partial charge in [-0.25, -0.2) is 14.3 Å². The maximum atomic E-state index is 14.2. The number of urea groups is 1. The number of anilines is 1. The van der Waals surface area contributed by atoms with Crippen LogP contribution < -0.4 is 5.32 Å². The van der Waals surface area contributed by atoms with Crippen LogP contribution in [0.1, 0.15) is 62.1 Å². The Labute approximate surface area is 218 Å². The summed E-state index contributed by atoms with van der Waals surface area (Å²) in [5.41, 5.74) is 3.27. The van der Waals surface area contributed by atoms with E-state index in [9.17, 15) is 4.79 Å². The number of aromatic nitrogens is 4. The maximum absolute atomic E-state index is 14.2. The van der Waals surface area contributed by atoms with Crippen molar-refractivity contribution in [2.24, 2.45) is 5.92 Å². The summed E-state index contributed by atoms with van der Waals surface area (Å²) in [4.78, 5) is 25.6. The number of quaternary nitrogens is 1. The number of piperidine rings is 5. The minimum Gasteiger partial charge on any atom is -0.366 e. The Balaban J connectivity index is 1.08. The van der Waals surface area contributed by atoms with Crippen LogP contribution in [0.15, 0.2) is 41.3 Å². The first-order valence-electron chi connectivity index (χ1n) is 13.4. The molecule has 8 nitrogen and oxygen atoms in total. The molecule has 11 rings (SSSR count). The minimum atomic E-state index is 0.235. The van der Waals surface area contributed by atoms with Crippen molar-refractivity contribution in [3.05, 3.63) is 52.5 Å². The number of hydrogen-bond acceptors (Lipinski definition) is 5. The van der Waals surface area contributed by atoms with E-state index >= 15 is 0 Å². The van der Waals surface area contributed by atoms with Gasteiger partial charge in [-0.3, -0.25) is 9.88 Å². The van der Waals surface area contributed by atoms with Crippen molar-refractivity contribution < 1.29 is 9.28 Å². The zero-order chi connectivity index (χ0) is 24.1. The molecule has 2 saturated carbocycles. The second-order valence-corrected chi connectivity index (χ2v) is 12.7. The molecule has 2 aliphatic carbocycles. The number of amides is 2. The van der Waals surface area contributed by atoms with E-state index in [2.05, 4.69) is 48.4 Å². The molecule has 3 aromatic heterocycles. The normalized spacial score (nSPS) is 35.9. The lowest BCUT2D eigenvalue weighted by atomic mass is 9.45. The number of hydrogen-bond donors (Lipinski definition) is 1. The lowest BCUT2D eigenvalue weighted by molar-refractivity contribution is -1.06. The van der Waals surface area contributed by atoms with Crippen molar-refractivity contribution in [1.82, 2.24) is 24.5 Å². The molecule has 9 heterocycles. The fourth-order valence-corrected chi connectivity index (χ4v) is 9.26. The zero-order valence-electron chi connectivity index (χ0n) is 20.3. The largest absolute Gasteiger partial charge is 0.420 e. The van der Waals surface area contributed by atoms with Crippen molar-refractivity contribution in [3.8, 4) is 0 Å². The Morgan fingerprint density at radius 1 is 1.22 bits per heavy atom. The van der Waals surface area contributed by atoms with Gasteiger partial charge < -0.3 is 5.32 Å². The molecule has 8 aliphatic rings. The van der Waals surface area contributed by atoms with Gasteiger partial charge >= 0.3 is 6.03 Å². The van der Waals surface area contributed by atoms with Gasteiger partial charge in [0.15, 0.2) is 5.65 Å². The summed E-state index contributed by atoms with van der Waals surface area (Å²) in [5, 5.41) is 8.07. The number of pyridine rings is 1. The van der Waals surface area contributed by atoms with Gasteiger partial charge in [-0.05, 0) is 46.3 Å². The highest BCUT2D eigenvalue weighted by molar-refractivity contribution is 9.10. The molecule has 8 fully saturated rings. The number of likely N-dealkylation sites (tertiary alicyclic amines) is 1. The molecular formula is C27H31BrN7O+. The SMILES string of the molecule is O=C(N1CCCC(c2cc(NCc3cccnc3)n3ncc(Br)c3n2)C1)[N+]12[C@@H]3CC4C[C@H]1CC2(C4)C3. The highest BCUT2D eigenvalue weighted by Gasteiger charge is 2.86. The average Bonchev–Trinajstić information content (AvgIpc) is 3.28. The molecule has 0 aromatic carbocycles. The first-order valence-corrected chi connectivity index (χ1v) is 14.2. The van der Waals surface area contributed by atoms with E-state index in [-0.39, 0.29) is 5.92 Å². The molecule has 1 spiro atoms. The summed E-state index contributed by atoms with van der Waals surface area (Å²) >= 11 is 3.63. The van der Waals surface area contributed by atoms with Crippen LogP contribution in [0.2, 0.25) is 0 Å². The molecule has 9 heteroatoms. The van der Waals surface area contributed by atoms with Gasteiger partial charge in [0.05, 0.1) is 29.2 Å². The number of rotatable bonds is 4. The molecule has 5 bridgehead atoms. The zero-order valence-corrected chi connectivity index (χ0v) is 21.9. The molecule has 1 N–H and O–H groups in total. The van der Waals surface area contributed by atoms with Gasteiger partial charge in [-0.2, -0.15) is 9.61 Å². The van der Waals surface area contributed by atoms with Crippen molar-refractivity contribution >= 4 is 33.4 Å². The molecular weight excluding hydrogens is 518 g/mol. The van der Waals surface area contributed by atoms with Crippen LogP contribution in [0.5, 0.6) is 0 Å². The number of nitrogens with zero attached hydrogens (tertiary/aromatic N) is 6. The van der Waals surface area contributed by atoms with Gasteiger partial charge in [0.1, 0.15) is 23.4 Å². The van der Waals surface area contributed by atoms with E-state index in [1.54, 1.807) is 12.4 Å². The third kappa shape index (κ3) is 2.73. The van der Waals surface area contributed by atoms with Gasteiger partial charge in [-0.15, -0.1) is 0 Å². The Kier molecular flexibility index (Phi) is 4.49. The maximum Gasteiger partial charge on any atom is 0.420 e. The molecule has 2 amide bonds. The molecule has 4 unspecified atom stereocenters. The molecule has 6 saturated heterocycles. The molecule has 0 radical (unpaired) electrons. The second-order valence-electron chi connectivity index (χ2n) is 11.8. The quantitative estimate of drug-likeness (QED) is 0.477. The van der Waals surface area contributed by atoms with Crippen LogP contribution in [0.25, 0.3) is 5.65 Å². The molecule has 186 valence electrons. The predicted octanol–water partition coefficient (Wildman–Crippen LogP) is 4.71. The second kappa shape index (κ2) is 7.51. The molecule has 6 aliphatic heterocycles. The number of fused-ring (bicyclic) bond motifs is 1. The van der Waals surface area contributed by atoms with Gasteiger partial charge in [0.2, 0.25) is 0 Å². The standard InChI is InChI=1S/C27H31BrN7O/c28-22-15-31-34-24(30-14-17-3-1-5-29-13-17)9-23(32-25(22)34)19-4-2-6-33(16-19)26(36)35-20-7-18-8-21(35)12-27(35,10-18)11-20/h1,3,5,9,13,15,18-21,30H,2,4,6-8,10-12,14,16H2/q+1/t18?,19?,20-,21+,27?,35?. The minimum absolute atomic E-state index is 0.235. The third-order valence-electron chi connectivity index (χ3n) is 10.1. The Hall–Kier alpha value is -2.52. The number of nitrogens with one attached hydrogen (secondary N) is 1. The van der Waals surface area contributed by atoms with Crippen molar-refractivity contribution in [3.63, 3.8) is 0 Å². The summed E-state index contributed by atoms with van der Waals surface area (Å²) < 4.78 is 3.56. The van der Waals surface area contributed by atoms with Gasteiger partial charge in [0, 0.05) is 63.3 Å². The number of carbonyl (C=O) groups excluding carboxylic acids is 1. The summed E-state index contributed by atoms with van der Waals surface area (Å²) in [5.74, 6) is 2.04. The fourth-order valence-electron chi connectivity index (χ4n) is 8.91. The molecule has 36 heavy (non-hydrogen) atoms. The van der Waals surface area contributed by atoms with E-state index in [0.717, 1.165) is 63.5 Å². The Bertz CT molecular complexity index is 1350. The van der Waals surface area contributed by atoms with Crippen molar-refractivity contribution in [2.75, 3.05) is 18.4 Å². The van der Waals surface area contributed by atoms with Crippen LogP contribution in [0, 0.1) is 5.92 Å². The van der Waals surface area contributed by atoms with Crippen LogP contribution in [-0.2, 0) is 6.54 Å². The fraction of sp³-hybridized carbons (Fsp3) is 0.556. The Morgan fingerprint density at radius 3 is 2.86 bits per heavy atom. The Morgan fingerprint density at radius 2 is 2.08 bits per heavy atom. The summed E-state index contributed by atoms with van der Waals surface area (Å²) in [7, 11) is 0. The summed E-state index contributed by atoms with van der Waals surface area (Å²) in [6.45, 7) is 2.32. The predicted molar refractivity (Wildman–Crippen MR) is 138 cm³/mol. The lowest BCUT2D eigenvalue weighted by Gasteiger charge is -2.81. The topological polar surface area (TPSA) is 75.4 Å². The average molecular weight is 549 g/mol. The van der Waals surface area contributed by atoms with Gasteiger partial charge in [-0.1, -0.05) is 6.07 Å².